The molecule has 1 fully saturated rings. The average Bonchev–Trinajstić information content (AvgIpc) is 3.06. The average molecular weight is 382 g/mol. The molecule has 7 heteroatoms. The summed E-state index contributed by atoms with van der Waals surface area (Å²) in [6.07, 6.45) is 5.30. The molecule has 0 unspecified atom stereocenters. The third kappa shape index (κ3) is 5.84. The molecule has 0 radical (unpaired) electrons. The Morgan fingerprint density at radius 1 is 1.31 bits per heavy atom. The number of hydrogen-bond donors (Lipinski definition) is 0. The highest BCUT2D eigenvalue weighted by Gasteiger charge is 2.39. The number of hydrogen-bond acceptors (Lipinski definition) is 4. The van der Waals surface area contributed by atoms with Crippen LogP contribution in [0, 0.1) is 0 Å². The normalized spacial score (nSPS) is 21.3. The second-order valence-corrected chi connectivity index (χ2v) is 15.1. The summed E-state index contributed by atoms with van der Waals surface area (Å²) in [6.45, 7) is 16.0. The van der Waals surface area contributed by atoms with Gasteiger partial charge in [0.15, 0.2) is 0 Å². The van der Waals surface area contributed by atoms with Gasteiger partial charge >= 0.3 is 6.09 Å². The Hall–Kier alpha value is -1.34. The summed E-state index contributed by atoms with van der Waals surface area (Å²) in [6, 6.07) is 1.23. The molecule has 0 spiro atoms. The lowest BCUT2D eigenvalue weighted by Crippen LogP contribution is -2.40. The Labute approximate surface area is 158 Å². The van der Waals surface area contributed by atoms with Crippen molar-refractivity contribution < 1.29 is 14.3 Å². The molecule has 1 aliphatic heterocycles. The summed E-state index contributed by atoms with van der Waals surface area (Å²) >= 11 is 0. The zero-order valence-corrected chi connectivity index (χ0v) is 18.4. The van der Waals surface area contributed by atoms with E-state index < -0.39 is 13.7 Å². The first-order valence-corrected chi connectivity index (χ1v) is 13.3. The van der Waals surface area contributed by atoms with E-state index in [1.807, 2.05) is 36.4 Å². The predicted molar refractivity (Wildman–Crippen MR) is 106 cm³/mol. The van der Waals surface area contributed by atoms with Crippen molar-refractivity contribution >= 4 is 14.2 Å². The van der Waals surface area contributed by atoms with E-state index in [1.165, 1.54) is 0 Å². The molecule has 26 heavy (non-hydrogen) atoms. The van der Waals surface area contributed by atoms with Crippen LogP contribution in [0.3, 0.4) is 0 Å². The largest absolute Gasteiger partial charge is 0.444 e. The lowest BCUT2D eigenvalue weighted by Gasteiger charge is -2.31. The summed E-state index contributed by atoms with van der Waals surface area (Å²) in [5.41, 5.74) is -0.501. The van der Waals surface area contributed by atoms with Crippen LogP contribution in [-0.2, 0) is 16.2 Å². The number of aromatic nitrogens is 2. The Morgan fingerprint density at radius 2 is 2.00 bits per heavy atom. The molecule has 0 N–H and O–H groups in total. The number of nitrogens with zero attached hydrogens (tertiary/aromatic N) is 3. The minimum atomic E-state index is -1.10. The Kier molecular flexibility index (Phi) is 6.55. The highest BCUT2D eigenvalue weighted by molar-refractivity contribution is 6.76. The Balaban J connectivity index is 2.05. The van der Waals surface area contributed by atoms with Gasteiger partial charge in [0, 0.05) is 33.1 Å². The molecule has 0 saturated carbocycles. The van der Waals surface area contributed by atoms with Crippen molar-refractivity contribution in [3.8, 4) is 0 Å². The van der Waals surface area contributed by atoms with E-state index in [2.05, 4.69) is 31.5 Å². The van der Waals surface area contributed by atoms with E-state index in [0.717, 1.165) is 31.3 Å². The highest BCUT2D eigenvalue weighted by Crippen LogP contribution is 2.36. The number of carbonyl (C=O) groups excluding carboxylic acids is 1. The molecule has 2 rings (SSSR count). The smallest absolute Gasteiger partial charge is 0.411 e. The lowest BCUT2D eigenvalue weighted by molar-refractivity contribution is 0.0136. The fraction of sp³-hybridized carbons (Fsp3) is 0.789. The van der Waals surface area contributed by atoms with Crippen LogP contribution in [0.15, 0.2) is 12.4 Å². The number of carbonyl (C=O) groups is 1. The molecule has 0 bridgehead atoms. The topological polar surface area (TPSA) is 56.6 Å². The Bertz CT molecular complexity index is 604. The SMILES string of the molecule is C[C@H]1CC[C@@H](c2nccn2COCC[Si](C)(C)C)N1C(=O)OC(C)(C)C. The monoisotopic (exact) mass is 381 g/mol. The van der Waals surface area contributed by atoms with Crippen LogP contribution >= 0.6 is 0 Å². The summed E-state index contributed by atoms with van der Waals surface area (Å²) < 4.78 is 13.5. The van der Waals surface area contributed by atoms with Crippen LogP contribution in [0.1, 0.15) is 52.4 Å². The van der Waals surface area contributed by atoms with Gasteiger partial charge in [-0.2, -0.15) is 0 Å². The predicted octanol–water partition coefficient (Wildman–Crippen LogP) is 4.66. The van der Waals surface area contributed by atoms with Crippen molar-refractivity contribution in [2.45, 2.75) is 90.6 Å². The number of imidazole rings is 1. The van der Waals surface area contributed by atoms with E-state index in [4.69, 9.17) is 9.47 Å². The zero-order chi connectivity index (χ0) is 19.5. The lowest BCUT2D eigenvalue weighted by atomic mass is 10.2. The second-order valence-electron chi connectivity index (χ2n) is 9.43. The molecule has 1 amide bonds. The molecular weight excluding hydrogens is 346 g/mol. The van der Waals surface area contributed by atoms with Gasteiger partial charge in [0.05, 0.1) is 6.04 Å². The fourth-order valence-electron chi connectivity index (χ4n) is 3.13. The number of likely N-dealkylation sites (tertiary alicyclic amines) is 1. The maximum absolute atomic E-state index is 12.7. The van der Waals surface area contributed by atoms with Crippen molar-refractivity contribution in [1.29, 1.82) is 0 Å². The van der Waals surface area contributed by atoms with Crippen molar-refractivity contribution in [1.82, 2.24) is 14.5 Å². The maximum atomic E-state index is 12.7. The van der Waals surface area contributed by atoms with Gasteiger partial charge in [0.1, 0.15) is 18.2 Å². The molecule has 2 heterocycles. The van der Waals surface area contributed by atoms with Crippen LogP contribution < -0.4 is 0 Å². The van der Waals surface area contributed by atoms with Crippen molar-refractivity contribution in [2.75, 3.05) is 6.61 Å². The molecule has 0 aliphatic carbocycles. The molecule has 1 aromatic rings. The molecule has 0 aromatic carbocycles. The molecule has 148 valence electrons. The van der Waals surface area contributed by atoms with E-state index in [9.17, 15) is 4.79 Å². The van der Waals surface area contributed by atoms with Crippen LogP contribution in [0.5, 0.6) is 0 Å². The van der Waals surface area contributed by atoms with E-state index in [0.29, 0.717) is 6.73 Å². The first kappa shape index (κ1) is 21.0. The molecular formula is C19H35N3O3Si. The van der Waals surface area contributed by atoms with Crippen LogP contribution in [0.2, 0.25) is 25.7 Å². The molecule has 2 atom stereocenters. The van der Waals surface area contributed by atoms with Gasteiger partial charge in [-0.3, -0.25) is 4.90 Å². The van der Waals surface area contributed by atoms with E-state index in [1.54, 1.807) is 6.20 Å². The van der Waals surface area contributed by atoms with Crippen LogP contribution in [0.25, 0.3) is 0 Å². The summed E-state index contributed by atoms with van der Waals surface area (Å²) in [5, 5.41) is 0. The quantitative estimate of drug-likeness (QED) is 0.531. The van der Waals surface area contributed by atoms with Gasteiger partial charge in [-0.1, -0.05) is 19.6 Å². The van der Waals surface area contributed by atoms with Crippen LogP contribution in [-0.4, -0.2) is 46.9 Å². The fourth-order valence-corrected chi connectivity index (χ4v) is 3.89. The van der Waals surface area contributed by atoms with Crippen molar-refractivity contribution in [2.24, 2.45) is 0 Å². The van der Waals surface area contributed by atoms with E-state index in [-0.39, 0.29) is 18.2 Å². The third-order valence-corrected chi connectivity index (χ3v) is 6.25. The van der Waals surface area contributed by atoms with Gasteiger partial charge < -0.3 is 14.0 Å². The first-order valence-electron chi connectivity index (χ1n) is 9.58. The van der Waals surface area contributed by atoms with Gasteiger partial charge in [-0.25, -0.2) is 9.78 Å². The van der Waals surface area contributed by atoms with Crippen molar-refractivity contribution in [3.05, 3.63) is 18.2 Å². The standard InChI is InChI=1S/C19H35N3O3Si/c1-15-8-9-16(22(15)18(23)25-19(2,3)4)17-20-10-11-21(17)14-24-12-13-26(5,6)7/h10-11,15-16H,8-9,12-14H2,1-7H3/t15-,16-/m0/s1. The van der Waals surface area contributed by atoms with Crippen LogP contribution in [0.4, 0.5) is 4.79 Å². The summed E-state index contributed by atoms with van der Waals surface area (Å²) in [5.74, 6) is 0.883. The second kappa shape index (κ2) is 8.13. The minimum Gasteiger partial charge on any atom is -0.444 e. The van der Waals surface area contributed by atoms with Gasteiger partial charge in [0.2, 0.25) is 0 Å². The minimum absolute atomic E-state index is 0.0598. The summed E-state index contributed by atoms with van der Waals surface area (Å²) in [7, 11) is -1.10. The number of ether oxygens (including phenoxy) is 2. The molecule has 1 aliphatic rings. The third-order valence-electron chi connectivity index (χ3n) is 4.55. The summed E-state index contributed by atoms with van der Waals surface area (Å²) in [4.78, 5) is 19.1. The Morgan fingerprint density at radius 3 is 2.62 bits per heavy atom. The highest BCUT2D eigenvalue weighted by atomic mass is 28.3. The molecule has 6 nitrogen and oxygen atoms in total. The van der Waals surface area contributed by atoms with Gasteiger partial charge in [-0.05, 0) is 46.6 Å². The van der Waals surface area contributed by atoms with Gasteiger partial charge in [-0.15, -0.1) is 0 Å². The number of amides is 1. The van der Waals surface area contributed by atoms with Gasteiger partial charge in [0.25, 0.3) is 0 Å². The van der Waals surface area contributed by atoms with E-state index >= 15 is 0 Å². The van der Waals surface area contributed by atoms with Crippen molar-refractivity contribution in [3.63, 3.8) is 0 Å². The first-order chi connectivity index (χ1) is 12.0. The number of rotatable bonds is 6. The molecule has 1 aromatic heterocycles. The maximum Gasteiger partial charge on any atom is 0.411 e. The zero-order valence-electron chi connectivity index (χ0n) is 17.4. The molecule has 1 saturated heterocycles.